The molecule has 4 nitrogen and oxygen atoms in total. The minimum atomic E-state index is 0.563. The van der Waals surface area contributed by atoms with Gasteiger partial charge in [-0.05, 0) is 25.0 Å². The molecule has 0 aliphatic heterocycles. The van der Waals surface area contributed by atoms with Crippen molar-refractivity contribution in [3.63, 3.8) is 0 Å². The van der Waals surface area contributed by atoms with Crippen molar-refractivity contribution in [1.29, 1.82) is 0 Å². The van der Waals surface area contributed by atoms with E-state index in [0.29, 0.717) is 5.82 Å². The van der Waals surface area contributed by atoms with E-state index in [9.17, 15) is 0 Å². The summed E-state index contributed by atoms with van der Waals surface area (Å²) in [7, 11) is 0. The summed E-state index contributed by atoms with van der Waals surface area (Å²) in [6.07, 6.45) is 3.69. The van der Waals surface area contributed by atoms with E-state index in [-0.39, 0.29) is 0 Å². The molecule has 0 unspecified atom stereocenters. The molecule has 15 heavy (non-hydrogen) atoms. The normalized spacial score (nSPS) is 10.5. The fraction of sp³-hybridized carbons (Fsp3) is 0.273. The van der Waals surface area contributed by atoms with Crippen LogP contribution in [0, 0.1) is 13.8 Å². The van der Waals surface area contributed by atoms with Crippen molar-refractivity contribution in [2.24, 2.45) is 0 Å². The summed E-state index contributed by atoms with van der Waals surface area (Å²) < 4.78 is 1.88. The number of nitrogens with two attached hydrogens (primary N) is 1. The van der Waals surface area contributed by atoms with Crippen molar-refractivity contribution in [2.75, 3.05) is 5.73 Å². The van der Waals surface area contributed by atoms with Crippen LogP contribution in [0.5, 0.6) is 0 Å². The summed E-state index contributed by atoms with van der Waals surface area (Å²) in [6, 6.07) is 3.97. The molecule has 0 spiro atoms. The van der Waals surface area contributed by atoms with E-state index in [2.05, 4.69) is 16.1 Å². The van der Waals surface area contributed by atoms with Crippen LogP contribution in [0.4, 0.5) is 5.82 Å². The van der Waals surface area contributed by atoms with E-state index in [1.54, 1.807) is 0 Å². The molecule has 0 atom stereocenters. The molecule has 0 aromatic carbocycles. The van der Waals surface area contributed by atoms with Crippen LogP contribution < -0.4 is 5.73 Å². The minimum absolute atomic E-state index is 0.563. The number of hydrogen-bond donors (Lipinski definition) is 1. The van der Waals surface area contributed by atoms with Gasteiger partial charge in [0.15, 0.2) is 0 Å². The fourth-order valence-electron chi connectivity index (χ4n) is 1.57. The second kappa shape index (κ2) is 3.73. The van der Waals surface area contributed by atoms with Crippen LogP contribution in [-0.4, -0.2) is 14.8 Å². The number of aryl methyl sites for hydroxylation is 2. The number of aromatic nitrogens is 3. The molecule has 2 aromatic rings. The van der Waals surface area contributed by atoms with Gasteiger partial charge in [-0.3, -0.25) is 9.67 Å². The van der Waals surface area contributed by atoms with Gasteiger partial charge in [0.2, 0.25) is 0 Å². The first-order valence-electron chi connectivity index (χ1n) is 4.85. The van der Waals surface area contributed by atoms with Crippen molar-refractivity contribution in [2.45, 2.75) is 20.4 Å². The Morgan fingerprint density at radius 2 is 2.07 bits per heavy atom. The lowest BCUT2D eigenvalue weighted by Gasteiger charge is -2.04. The lowest BCUT2D eigenvalue weighted by molar-refractivity contribution is 0.666. The Morgan fingerprint density at radius 3 is 2.67 bits per heavy atom. The maximum Gasteiger partial charge on any atom is 0.145 e. The van der Waals surface area contributed by atoms with Gasteiger partial charge < -0.3 is 5.73 Å². The molecule has 4 heteroatoms. The molecule has 0 bridgehead atoms. The molecule has 2 rings (SSSR count). The zero-order valence-corrected chi connectivity index (χ0v) is 8.94. The molecule has 0 aliphatic rings. The Kier molecular flexibility index (Phi) is 2.41. The Morgan fingerprint density at radius 1 is 1.27 bits per heavy atom. The van der Waals surface area contributed by atoms with E-state index in [4.69, 9.17) is 5.73 Å². The summed E-state index contributed by atoms with van der Waals surface area (Å²) in [5, 5.41) is 4.20. The van der Waals surface area contributed by atoms with E-state index in [0.717, 1.165) is 23.4 Å². The quantitative estimate of drug-likeness (QED) is 0.803. The van der Waals surface area contributed by atoms with E-state index < -0.39 is 0 Å². The van der Waals surface area contributed by atoms with Gasteiger partial charge in [-0.2, -0.15) is 5.10 Å². The van der Waals surface area contributed by atoms with Gasteiger partial charge in [-0.15, -0.1) is 0 Å². The van der Waals surface area contributed by atoms with E-state index in [1.165, 1.54) is 0 Å². The van der Waals surface area contributed by atoms with Gasteiger partial charge in [0.05, 0.1) is 6.54 Å². The molecule has 0 amide bonds. The third-order valence-corrected chi connectivity index (χ3v) is 2.26. The lowest BCUT2D eigenvalue weighted by atomic mass is 10.2. The molecule has 0 saturated heterocycles. The molecule has 0 fully saturated rings. The number of nitrogen functional groups attached to an aromatic ring is 1. The highest BCUT2D eigenvalue weighted by molar-refractivity contribution is 5.29. The van der Waals surface area contributed by atoms with E-state index >= 15 is 0 Å². The first-order chi connectivity index (χ1) is 7.15. The van der Waals surface area contributed by atoms with Crippen LogP contribution in [0.1, 0.15) is 16.8 Å². The van der Waals surface area contributed by atoms with Gasteiger partial charge in [-0.25, -0.2) is 0 Å². The standard InChI is InChI=1S/C11H14N4/c1-8-3-10(6-13-5-8)7-15-9(2)4-11(12)14-15/h3-6H,7H2,1-2H3,(H2,12,14). The Hall–Kier alpha value is -1.84. The van der Waals surface area contributed by atoms with Crippen molar-refractivity contribution < 1.29 is 0 Å². The highest BCUT2D eigenvalue weighted by Crippen LogP contribution is 2.08. The highest BCUT2D eigenvalue weighted by Gasteiger charge is 2.02. The first kappa shape index (κ1) is 9.71. The number of nitrogens with zero attached hydrogens (tertiary/aromatic N) is 3. The Bertz CT molecular complexity index is 473. The van der Waals surface area contributed by atoms with Crippen LogP contribution in [0.2, 0.25) is 0 Å². The van der Waals surface area contributed by atoms with Crippen LogP contribution in [0.15, 0.2) is 24.5 Å². The fourth-order valence-corrected chi connectivity index (χ4v) is 1.57. The SMILES string of the molecule is Cc1cncc(Cn2nc(N)cc2C)c1. The maximum atomic E-state index is 5.62. The number of pyridine rings is 1. The second-order valence-electron chi connectivity index (χ2n) is 3.74. The van der Waals surface area contributed by atoms with Crippen molar-refractivity contribution in [3.8, 4) is 0 Å². The van der Waals surface area contributed by atoms with Gasteiger partial charge in [0, 0.05) is 24.2 Å². The average Bonchev–Trinajstić information content (AvgIpc) is 2.45. The Balaban J connectivity index is 2.25. The van der Waals surface area contributed by atoms with Crippen molar-refractivity contribution in [3.05, 3.63) is 41.3 Å². The number of hydrogen-bond acceptors (Lipinski definition) is 3. The summed E-state index contributed by atoms with van der Waals surface area (Å²) in [5.74, 6) is 0.563. The molecule has 0 saturated carbocycles. The zero-order chi connectivity index (χ0) is 10.8. The maximum absolute atomic E-state index is 5.62. The van der Waals surface area contributed by atoms with Gasteiger partial charge in [0.1, 0.15) is 5.82 Å². The predicted molar refractivity (Wildman–Crippen MR) is 59.5 cm³/mol. The largest absolute Gasteiger partial charge is 0.382 e. The highest BCUT2D eigenvalue weighted by atomic mass is 15.3. The van der Waals surface area contributed by atoms with Gasteiger partial charge in [-0.1, -0.05) is 6.07 Å². The smallest absolute Gasteiger partial charge is 0.145 e. The lowest BCUT2D eigenvalue weighted by Crippen LogP contribution is -2.04. The molecular formula is C11H14N4. The minimum Gasteiger partial charge on any atom is -0.382 e. The summed E-state index contributed by atoms with van der Waals surface area (Å²) >= 11 is 0. The summed E-state index contributed by atoms with van der Waals surface area (Å²) in [6.45, 7) is 4.74. The van der Waals surface area contributed by atoms with Crippen molar-refractivity contribution in [1.82, 2.24) is 14.8 Å². The van der Waals surface area contributed by atoms with Crippen LogP contribution in [0.3, 0.4) is 0 Å². The van der Waals surface area contributed by atoms with Crippen LogP contribution in [0.25, 0.3) is 0 Å². The summed E-state index contributed by atoms with van der Waals surface area (Å²) in [5.41, 5.74) is 8.98. The molecule has 2 N–H and O–H groups in total. The van der Waals surface area contributed by atoms with Crippen molar-refractivity contribution >= 4 is 5.82 Å². The van der Waals surface area contributed by atoms with Gasteiger partial charge >= 0.3 is 0 Å². The predicted octanol–water partition coefficient (Wildman–Crippen LogP) is 1.53. The number of rotatable bonds is 2. The van der Waals surface area contributed by atoms with Gasteiger partial charge in [0.25, 0.3) is 0 Å². The summed E-state index contributed by atoms with van der Waals surface area (Å²) in [4.78, 5) is 4.14. The Labute approximate surface area is 88.8 Å². The molecule has 2 aromatic heterocycles. The third-order valence-electron chi connectivity index (χ3n) is 2.26. The molecule has 0 aliphatic carbocycles. The first-order valence-corrected chi connectivity index (χ1v) is 4.85. The zero-order valence-electron chi connectivity index (χ0n) is 8.94. The molecule has 0 radical (unpaired) electrons. The average molecular weight is 202 g/mol. The molecule has 2 heterocycles. The van der Waals surface area contributed by atoms with E-state index in [1.807, 2.05) is 37.0 Å². The molecule has 78 valence electrons. The van der Waals surface area contributed by atoms with Crippen LogP contribution in [-0.2, 0) is 6.54 Å². The number of anilines is 1. The second-order valence-corrected chi connectivity index (χ2v) is 3.74. The molecular weight excluding hydrogens is 188 g/mol. The topological polar surface area (TPSA) is 56.7 Å². The third kappa shape index (κ3) is 2.15. The van der Waals surface area contributed by atoms with Crippen LogP contribution >= 0.6 is 0 Å². The monoisotopic (exact) mass is 202 g/mol.